The number of phenolic OH excluding ortho intramolecular Hbond substituents is 1. The molecule has 2 aromatic rings. The Morgan fingerprint density at radius 3 is 2.74 bits per heavy atom. The van der Waals surface area contributed by atoms with Gasteiger partial charge in [-0.1, -0.05) is 30.3 Å². The van der Waals surface area contributed by atoms with Crippen LogP contribution in [0.4, 0.5) is 0 Å². The SMILES string of the molecule is O=C(c1ccccc1)N1C[C@H]2OC34CCC1C2C31CCN(CC2CC2)C4Cc2cccc(O)c21. The van der Waals surface area contributed by atoms with Gasteiger partial charge in [-0.3, -0.25) is 9.69 Å². The van der Waals surface area contributed by atoms with E-state index >= 15 is 0 Å². The van der Waals surface area contributed by atoms with Gasteiger partial charge in [-0.05, 0) is 74.8 Å². The van der Waals surface area contributed by atoms with E-state index in [9.17, 15) is 9.90 Å². The van der Waals surface area contributed by atoms with E-state index in [1.807, 2.05) is 42.5 Å². The molecule has 0 radical (unpaired) electrons. The van der Waals surface area contributed by atoms with Crippen molar-refractivity contribution < 1.29 is 14.6 Å². The van der Waals surface area contributed by atoms with E-state index in [4.69, 9.17) is 4.74 Å². The third-order valence-electron chi connectivity index (χ3n) is 10.3. The Kier molecular flexibility index (Phi) is 3.88. The molecule has 3 heterocycles. The Labute approximate surface area is 200 Å². The standard InChI is InChI=1S/C29H32N2O3/c32-22-8-4-7-20-15-24-29-12-11-21-26(28(29,25(20)22)13-14-30(24)16-18-9-10-18)23(34-29)17-31(21)27(33)19-5-2-1-3-6-19/h1-8,18,21,23-24,26,32H,9-17H2/t21?,23-,24?,26?,28?,29?/m1/s1. The molecule has 3 aliphatic heterocycles. The number of fused-ring (bicyclic) bond motifs is 1. The Morgan fingerprint density at radius 1 is 1.06 bits per heavy atom. The van der Waals surface area contributed by atoms with Gasteiger partial charge in [-0.25, -0.2) is 0 Å². The van der Waals surface area contributed by atoms with Gasteiger partial charge < -0.3 is 14.7 Å². The van der Waals surface area contributed by atoms with Crippen molar-refractivity contribution in [2.24, 2.45) is 11.8 Å². The Hall–Kier alpha value is -2.37. The summed E-state index contributed by atoms with van der Waals surface area (Å²) in [4.78, 5) is 18.5. The molecule has 2 saturated carbocycles. The quantitative estimate of drug-likeness (QED) is 0.765. The number of carbonyl (C=O) groups is 1. The lowest BCUT2D eigenvalue weighted by Crippen LogP contribution is -2.74. The van der Waals surface area contributed by atoms with E-state index in [-0.39, 0.29) is 35.0 Å². The molecule has 8 rings (SSSR count). The number of aromatic hydroxyl groups is 1. The molecule has 6 aliphatic rings. The molecule has 1 amide bonds. The first kappa shape index (κ1) is 19.9. The van der Waals surface area contributed by atoms with Gasteiger partial charge in [0.1, 0.15) is 5.75 Å². The van der Waals surface area contributed by atoms with Crippen molar-refractivity contribution in [3.05, 3.63) is 65.2 Å². The number of hydrogen-bond acceptors (Lipinski definition) is 4. The highest BCUT2D eigenvalue weighted by Gasteiger charge is 2.78. The number of ether oxygens (including phenoxy) is 1. The Bertz CT molecular complexity index is 1180. The highest BCUT2D eigenvalue weighted by molar-refractivity contribution is 5.94. The van der Waals surface area contributed by atoms with Crippen LogP contribution in [0.15, 0.2) is 48.5 Å². The van der Waals surface area contributed by atoms with Crippen molar-refractivity contribution in [2.75, 3.05) is 19.6 Å². The van der Waals surface area contributed by atoms with Crippen LogP contribution in [0.1, 0.15) is 53.6 Å². The minimum atomic E-state index is -0.236. The van der Waals surface area contributed by atoms with E-state index in [0.717, 1.165) is 49.3 Å². The molecule has 4 bridgehead atoms. The van der Waals surface area contributed by atoms with Crippen molar-refractivity contribution in [3.8, 4) is 5.75 Å². The normalized spacial score (nSPS) is 39.6. The lowest BCUT2D eigenvalue weighted by atomic mass is 9.46. The molecular weight excluding hydrogens is 424 g/mol. The molecule has 3 aliphatic carbocycles. The second-order valence-electron chi connectivity index (χ2n) is 11.7. The van der Waals surface area contributed by atoms with Crippen LogP contribution < -0.4 is 0 Å². The summed E-state index contributed by atoms with van der Waals surface area (Å²) in [6, 6.07) is 16.4. The minimum absolute atomic E-state index is 0.0501. The molecular formula is C29H32N2O3. The minimum Gasteiger partial charge on any atom is -0.508 e. The summed E-state index contributed by atoms with van der Waals surface area (Å²) < 4.78 is 7.24. The smallest absolute Gasteiger partial charge is 0.254 e. The van der Waals surface area contributed by atoms with Crippen molar-refractivity contribution in [3.63, 3.8) is 0 Å². The first-order valence-electron chi connectivity index (χ1n) is 13.2. The van der Waals surface area contributed by atoms with Crippen molar-refractivity contribution >= 4 is 5.91 Å². The second-order valence-corrected chi connectivity index (χ2v) is 11.7. The van der Waals surface area contributed by atoms with E-state index < -0.39 is 0 Å². The number of nitrogens with zero attached hydrogens (tertiary/aromatic N) is 2. The van der Waals surface area contributed by atoms with Crippen LogP contribution in [0.25, 0.3) is 0 Å². The van der Waals surface area contributed by atoms with Crippen LogP contribution in [0, 0.1) is 11.8 Å². The summed E-state index contributed by atoms with van der Waals surface area (Å²) in [7, 11) is 0. The number of rotatable bonds is 3. The van der Waals surface area contributed by atoms with Gasteiger partial charge in [0.25, 0.3) is 5.91 Å². The lowest BCUT2D eigenvalue weighted by Gasteiger charge is -2.64. The van der Waals surface area contributed by atoms with Gasteiger partial charge in [0, 0.05) is 47.6 Å². The summed E-state index contributed by atoms with van der Waals surface area (Å²) in [6.07, 6.45) is 6.74. The van der Waals surface area contributed by atoms with E-state index in [1.54, 1.807) is 0 Å². The van der Waals surface area contributed by atoms with Gasteiger partial charge in [0.2, 0.25) is 0 Å². The molecule has 5 heteroatoms. The fourth-order valence-corrected chi connectivity index (χ4v) is 9.08. The Balaban J connectivity index is 1.26. The highest BCUT2D eigenvalue weighted by atomic mass is 16.5. The summed E-state index contributed by atoms with van der Waals surface area (Å²) in [5.41, 5.74) is 2.79. The second kappa shape index (κ2) is 6.64. The molecule has 3 saturated heterocycles. The molecule has 176 valence electrons. The topological polar surface area (TPSA) is 53.0 Å². The van der Waals surface area contributed by atoms with Crippen LogP contribution in [0.2, 0.25) is 0 Å². The van der Waals surface area contributed by atoms with E-state index in [0.29, 0.717) is 18.3 Å². The van der Waals surface area contributed by atoms with Crippen molar-refractivity contribution in [1.82, 2.24) is 9.80 Å². The fraction of sp³-hybridized carbons (Fsp3) is 0.552. The number of benzene rings is 2. The van der Waals surface area contributed by atoms with Crippen LogP contribution in [0.3, 0.4) is 0 Å². The maximum atomic E-state index is 13.6. The first-order chi connectivity index (χ1) is 16.6. The predicted molar refractivity (Wildman–Crippen MR) is 128 cm³/mol. The number of carbonyl (C=O) groups excluding carboxylic acids is 1. The number of amides is 1. The maximum Gasteiger partial charge on any atom is 0.254 e. The molecule has 5 unspecified atom stereocenters. The van der Waals surface area contributed by atoms with Crippen LogP contribution >= 0.6 is 0 Å². The summed E-state index contributed by atoms with van der Waals surface area (Å²) in [6.45, 7) is 2.94. The van der Waals surface area contributed by atoms with E-state index in [1.165, 1.54) is 24.9 Å². The summed E-state index contributed by atoms with van der Waals surface area (Å²) >= 11 is 0. The van der Waals surface area contributed by atoms with Crippen molar-refractivity contribution in [1.29, 1.82) is 0 Å². The largest absolute Gasteiger partial charge is 0.508 e. The van der Waals surface area contributed by atoms with Crippen LogP contribution in [0.5, 0.6) is 5.75 Å². The zero-order chi connectivity index (χ0) is 22.7. The molecule has 5 nitrogen and oxygen atoms in total. The average Bonchev–Trinajstić information content (AvgIpc) is 3.54. The highest BCUT2D eigenvalue weighted by Crippen LogP contribution is 2.70. The third kappa shape index (κ3) is 2.31. The molecule has 34 heavy (non-hydrogen) atoms. The van der Waals surface area contributed by atoms with Gasteiger partial charge in [-0.15, -0.1) is 0 Å². The number of piperidine rings is 1. The maximum absolute atomic E-state index is 13.6. The van der Waals surface area contributed by atoms with Crippen LogP contribution in [-0.4, -0.2) is 64.2 Å². The average molecular weight is 457 g/mol. The molecule has 2 aromatic carbocycles. The lowest BCUT2D eigenvalue weighted by molar-refractivity contribution is -0.171. The molecule has 6 atom stereocenters. The monoisotopic (exact) mass is 456 g/mol. The first-order valence-corrected chi connectivity index (χ1v) is 13.2. The van der Waals surface area contributed by atoms with Gasteiger partial charge in [0.05, 0.1) is 11.7 Å². The fourth-order valence-electron chi connectivity index (χ4n) is 9.08. The van der Waals surface area contributed by atoms with E-state index in [2.05, 4.69) is 15.9 Å². The zero-order valence-electron chi connectivity index (χ0n) is 19.5. The predicted octanol–water partition coefficient (Wildman–Crippen LogP) is 3.74. The molecule has 0 aromatic heterocycles. The molecule has 1 N–H and O–H groups in total. The number of phenols is 1. The Morgan fingerprint density at radius 2 is 1.91 bits per heavy atom. The van der Waals surface area contributed by atoms with Gasteiger partial charge >= 0.3 is 0 Å². The van der Waals surface area contributed by atoms with Crippen LogP contribution in [-0.2, 0) is 16.6 Å². The molecule has 5 fully saturated rings. The molecule has 0 spiro atoms. The summed E-state index contributed by atoms with van der Waals surface area (Å²) in [5, 5.41) is 11.3. The van der Waals surface area contributed by atoms with Crippen molar-refractivity contribution in [2.45, 2.75) is 67.7 Å². The zero-order valence-corrected chi connectivity index (χ0v) is 19.5. The van der Waals surface area contributed by atoms with Gasteiger partial charge in [0.15, 0.2) is 0 Å². The van der Waals surface area contributed by atoms with Gasteiger partial charge in [-0.2, -0.15) is 0 Å². The number of hydrogen-bond donors (Lipinski definition) is 1. The summed E-state index contributed by atoms with van der Waals surface area (Å²) in [5.74, 6) is 1.68. The third-order valence-corrected chi connectivity index (χ3v) is 10.3. The number of likely N-dealkylation sites (tertiary alicyclic amines) is 2.